The fourth-order valence-corrected chi connectivity index (χ4v) is 2.25. The van der Waals surface area contributed by atoms with Crippen LogP contribution in [-0.4, -0.2) is 19.1 Å². The highest BCUT2D eigenvalue weighted by Crippen LogP contribution is 2.29. The van der Waals surface area contributed by atoms with Crippen molar-refractivity contribution in [3.63, 3.8) is 0 Å². The fourth-order valence-electron chi connectivity index (χ4n) is 2.12. The van der Waals surface area contributed by atoms with E-state index in [0.29, 0.717) is 22.2 Å². The molecule has 0 fully saturated rings. The fraction of sp³-hybridized carbons (Fsp3) is 0.211. The predicted octanol–water partition coefficient (Wildman–Crippen LogP) is 4.48. The zero-order valence-electron chi connectivity index (χ0n) is 13.7. The van der Waals surface area contributed by atoms with Gasteiger partial charge in [-0.15, -0.1) is 6.58 Å². The Hall–Kier alpha value is -2.46. The first-order valence-electron chi connectivity index (χ1n) is 7.54. The molecule has 5 heteroatoms. The molecule has 1 atom stereocenters. The number of methoxy groups -OCH3 is 1. The number of carbonyl (C=O) groups excluding carboxylic acids is 1. The summed E-state index contributed by atoms with van der Waals surface area (Å²) in [6.07, 6.45) is 1.88. The molecule has 0 unspecified atom stereocenters. The van der Waals surface area contributed by atoms with Gasteiger partial charge in [-0.2, -0.15) is 0 Å². The van der Waals surface area contributed by atoms with Crippen molar-refractivity contribution in [1.82, 2.24) is 0 Å². The molecular formula is C19H20ClNO3. The van der Waals surface area contributed by atoms with Crippen molar-refractivity contribution in [3.8, 4) is 11.5 Å². The largest absolute Gasteiger partial charge is 0.493 e. The summed E-state index contributed by atoms with van der Waals surface area (Å²) in [5.41, 5.74) is 1.72. The third-order valence-corrected chi connectivity index (χ3v) is 3.64. The van der Waals surface area contributed by atoms with Crippen molar-refractivity contribution in [2.24, 2.45) is 0 Å². The van der Waals surface area contributed by atoms with Crippen molar-refractivity contribution in [2.75, 3.05) is 12.4 Å². The van der Waals surface area contributed by atoms with Crippen LogP contribution in [0.4, 0.5) is 5.69 Å². The number of benzene rings is 2. The Morgan fingerprint density at radius 2 is 1.96 bits per heavy atom. The Bertz CT molecular complexity index is 713. The SMILES string of the molecule is C=CCc1ccc(O[C@@H](C)C(=O)Nc2ccc(Cl)cc2)c(OC)c1. The van der Waals surface area contributed by atoms with Gasteiger partial charge in [-0.25, -0.2) is 0 Å². The highest BCUT2D eigenvalue weighted by atomic mass is 35.5. The molecule has 0 saturated carbocycles. The molecule has 0 aliphatic carbocycles. The summed E-state index contributed by atoms with van der Waals surface area (Å²) in [5, 5.41) is 3.39. The van der Waals surface area contributed by atoms with Crippen LogP contribution >= 0.6 is 11.6 Å². The number of carbonyl (C=O) groups is 1. The van der Waals surface area contributed by atoms with E-state index in [1.54, 1.807) is 44.4 Å². The monoisotopic (exact) mass is 345 g/mol. The summed E-state index contributed by atoms with van der Waals surface area (Å²) in [6.45, 7) is 5.40. The van der Waals surface area contributed by atoms with Crippen molar-refractivity contribution < 1.29 is 14.3 Å². The summed E-state index contributed by atoms with van der Waals surface area (Å²) < 4.78 is 11.1. The van der Waals surface area contributed by atoms with E-state index < -0.39 is 6.10 Å². The molecule has 4 nitrogen and oxygen atoms in total. The van der Waals surface area contributed by atoms with Crippen LogP contribution in [-0.2, 0) is 11.2 Å². The molecule has 0 radical (unpaired) electrons. The van der Waals surface area contributed by atoms with E-state index in [2.05, 4.69) is 11.9 Å². The Morgan fingerprint density at radius 3 is 2.58 bits per heavy atom. The molecule has 1 amide bonds. The van der Waals surface area contributed by atoms with Gasteiger partial charge in [-0.05, 0) is 55.3 Å². The van der Waals surface area contributed by atoms with Gasteiger partial charge >= 0.3 is 0 Å². The normalized spacial score (nSPS) is 11.5. The second-order valence-corrected chi connectivity index (χ2v) is 5.67. The standard InChI is InChI=1S/C19H20ClNO3/c1-4-5-14-6-11-17(18(12-14)23-3)24-13(2)19(22)21-16-9-7-15(20)8-10-16/h4,6-13H,1,5H2,2-3H3,(H,21,22)/t13-/m0/s1. The number of halogens is 1. The van der Waals surface area contributed by atoms with Crippen LogP contribution < -0.4 is 14.8 Å². The van der Waals surface area contributed by atoms with Gasteiger partial charge in [0.15, 0.2) is 17.6 Å². The lowest BCUT2D eigenvalue weighted by molar-refractivity contribution is -0.122. The summed E-state index contributed by atoms with van der Waals surface area (Å²) in [6, 6.07) is 12.5. The zero-order valence-corrected chi connectivity index (χ0v) is 14.5. The number of allylic oxidation sites excluding steroid dienone is 1. The smallest absolute Gasteiger partial charge is 0.265 e. The molecule has 24 heavy (non-hydrogen) atoms. The molecule has 2 aromatic carbocycles. The number of rotatable bonds is 7. The van der Waals surface area contributed by atoms with E-state index in [1.807, 2.05) is 18.2 Å². The number of amides is 1. The van der Waals surface area contributed by atoms with Crippen LogP contribution in [0.5, 0.6) is 11.5 Å². The Morgan fingerprint density at radius 1 is 1.25 bits per heavy atom. The molecule has 1 N–H and O–H groups in total. The molecule has 0 heterocycles. The van der Waals surface area contributed by atoms with Crippen LogP contribution in [0.1, 0.15) is 12.5 Å². The number of anilines is 1. The molecule has 2 aromatic rings. The van der Waals surface area contributed by atoms with E-state index in [-0.39, 0.29) is 5.91 Å². The van der Waals surface area contributed by atoms with Gasteiger partial charge in [-0.1, -0.05) is 23.7 Å². The van der Waals surface area contributed by atoms with Crippen molar-refractivity contribution in [3.05, 3.63) is 65.7 Å². The maximum atomic E-state index is 12.2. The van der Waals surface area contributed by atoms with Crippen molar-refractivity contribution >= 4 is 23.2 Å². The van der Waals surface area contributed by atoms with Crippen LogP contribution in [0.25, 0.3) is 0 Å². The van der Waals surface area contributed by atoms with Crippen LogP contribution in [0.3, 0.4) is 0 Å². The molecule has 0 aromatic heterocycles. The van der Waals surface area contributed by atoms with E-state index in [1.165, 1.54) is 0 Å². The lowest BCUT2D eigenvalue weighted by Gasteiger charge is -2.17. The van der Waals surface area contributed by atoms with E-state index in [0.717, 1.165) is 12.0 Å². The first-order chi connectivity index (χ1) is 11.5. The van der Waals surface area contributed by atoms with Gasteiger partial charge in [0.2, 0.25) is 0 Å². The minimum absolute atomic E-state index is 0.255. The minimum atomic E-state index is -0.681. The van der Waals surface area contributed by atoms with Gasteiger partial charge in [0.1, 0.15) is 0 Å². The second-order valence-electron chi connectivity index (χ2n) is 5.23. The van der Waals surface area contributed by atoms with E-state index in [4.69, 9.17) is 21.1 Å². The molecule has 0 aliphatic rings. The third kappa shape index (κ3) is 4.77. The number of hydrogen-bond acceptors (Lipinski definition) is 3. The molecule has 126 valence electrons. The lowest BCUT2D eigenvalue weighted by atomic mass is 10.1. The first-order valence-corrected chi connectivity index (χ1v) is 7.92. The van der Waals surface area contributed by atoms with Gasteiger partial charge in [-0.3, -0.25) is 4.79 Å². The van der Waals surface area contributed by atoms with Crippen LogP contribution in [0.15, 0.2) is 55.1 Å². The second kappa shape index (κ2) is 8.41. The molecule has 0 saturated heterocycles. The maximum absolute atomic E-state index is 12.2. The quantitative estimate of drug-likeness (QED) is 0.752. The van der Waals surface area contributed by atoms with E-state index >= 15 is 0 Å². The summed E-state index contributed by atoms with van der Waals surface area (Å²) in [7, 11) is 1.57. The molecule has 2 rings (SSSR count). The highest BCUT2D eigenvalue weighted by molar-refractivity contribution is 6.30. The van der Waals surface area contributed by atoms with Gasteiger partial charge in [0.05, 0.1) is 7.11 Å². The topological polar surface area (TPSA) is 47.6 Å². The van der Waals surface area contributed by atoms with Crippen LogP contribution in [0.2, 0.25) is 5.02 Å². The Balaban J connectivity index is 2.05. The summed E-state index contributed by atoms with van der Waals surface area (Å²) in [5.74, 6) is 0.846. The highest BCUT2D eigenvalue weighted by Gasteiger charge is 2.17. The zero-order chi connectivity index (χ0) is 17.5. The van der Waals surface area contributed by atoms with Crippen molar-refractivity contribution in [2.45, 2.75) is 19.4 Å². The molecule has 0 bridgehead atoms. The van der Waals surface area contributed by atoms with Crippen LogP contribution in [0, 0.1) is 0 Å². The lowest BCUT2D eigenvalue weighted by Crippen LogP contribution is -2.30. The third-order valence-electron chi connectivity index (χ3n) is 3.39. The molecule has 0 spiro atoms. The summed E-state index contributed by atoms with van der Waals surface area (Å²) >= 11 is 5.83. The van der Waals surface area contributed by atoms with Crippen molar-refractivity contribution in [1.29, 1.82) is 0 Å². The number of hydrogen-bond donors (Lipinski definition) is 1. The van der Waals surface area contributed by atoms with Gasteiger partial charge < -0.3 is 14.8 Å². The Labute approximate surface area is 147 Å². The minimum Gasteiger partial charge on any atom is -0.493 e. The molecular weight excluding hydrogens is 326 g/mol. The van der Waals surface area contributed by atoms with Gasteiger partial charge in [0.25, 0.3) is 5.91 Å². The van der Waals surface area contributed by atoms with E-state index in [9.17, 15) is 4.79 Å². The van der Waals surface area contributed by atoms with Gasteiger partial charge in [0, 0.05) is 10.7 Å². The predicted molar refractivity (Wildman–Crippen MR) is 97.1 cm³/mol. The average molecular weight is 346 g/mol. The average Bonchev–Trinajstić information content (AvgIpc) is 2.58. The first kappa shape index (κ1) is 17.9. The maximum Gasteiger partial charge on any atom is 0.265 e. The Kier molecular flexibility index (Phi) is 6.27. The molecule has 0 aliphatic heterocycles. The number of nitrogens with one attached hydrogen (secondary N) is 1. The number of ether oxygens (including phenoxy) is 2. The summed E-state index contributed by atoms with van der Waals surface area (Å²) in [4.78, 5) is 12.2.